The molecule has 1 aliphatic heterocycles. The van der Waals surface area contributed by atoms with Gasteiger partial charge in [0.25, 0.3) is 5.56 Å². The first-order chi connectivity index (χ1) is 20.8. The van der Waals surface area contributed by atoms with Gasteiger partial charge in [0.15, 0.2) is 16.3 Å². The zero-order valence-corrected chi connectivity index (χ0v) is 26.7. The van der Waals surface area contributed by atoms with E-state index in [1.165, 1.54) is 34.8 Å². The molecule has 1 aliphatic rings. The maximum Gasteiger partial charge on any atom is 0.337 e. The summed E-state index contributed by atoms with van der Waals surface area (Å²) in [6.45, 7) is 7.16. The van der Waals surface area contributed by atoms with Crippen molar-refractivity contribution >= 4 is 39.3 Å². The highest BCUT2D eigenvalue weighted by atomic mass is 79.9. The third-order valence-electron chi connectivity index (χ3n) is 6.78. The Hall–Kier alpha value is -4.15. The molecule has 3 aromatic carbocycles. The van der Waals surface area contributed by atoms with Crippen LogP contribution in [0.25, 0.3) is 6.08 Å². The SMILES string of the molecule is CCOc1ccc([C@@H]2C(C(=O)OC)=CN=c3s/c(=C\c4ccc(OCc5ccc(C)cc5)c(Br)c4)c(=O)n32)cc1OCC. The summed E-state index contributed by atoms with van der Waals surface area (Å²) in [5.74, 6) is 1.24. The molecule has 222 valence electrons. The number of thiazole rings is 1. The molecule has 0 saturated heterocycles. The molecule has 0 amide bonds. The van der Waals surface area contributed by atoms with Crippen LogP contribution in [0.5, 0.6) is 17.2 Å². The zero-order chi connectivity index (χ0) is 30.5. The number of benzene rings is 3. The Bertz CT molecular complexity index is 1860. The molecule has 0 aliphatic carbocycles. The fourth-order valence-corrected chi connectivity index (χ4v) is 6.19. The lowest BCUT2D eigenvalue weighted by molar-refractivity contribution is -0.136. The van der Waals surface area contributed by atoms with Gasteiger partial charge in [-0.15, -0.1) is 0 Å². The maximum absolute atomic E-state index is 13.9. The van der Waals surface area contributed by atoms with Gasteiger partial charge in [-0.25, -0.2) is 9.79 Å². The number of hydrogen-bond donors (Lipinski definition) is 0. The van der Waals surface area contributed by atoms with E-state index in [2.05, 4.69) is 33.1 Å². The van der Waals surface area contributed by atoms with E-state index >= 15 is 0 Å². The van der Waals surface area contributed by atoms with Gasteiger partial charge in [0, 0.05) is 6.20 Å². The Morgan fingerprint density at radius 3 is 2.40 bits per heavy atom. The van der Waals surface area contributed by atoms with Crippen molar-refractivity contribution in [2.24, 2.45) is 4.99 Å². The number of halogens is 1. The third kappa shape index (κ3) is 6.60. The molecule has 1 atom stereocenters. The average molecular weight is 664 g/mol. The summed E-state index contributed by atoms with van der Waals surface area (Å²) in [5.41, 5.74) is 3.72. The molecule has 0 radical (unpaired) electrons. The molecule has 0 bridgehead atoms. The average Bonchev–Trinajstić information content (AvgIpc) is 3.32. The van der Waals surface area contributed by atoms with Crippen LogP contribution >= 0.6 is 27.3 Å². The number of carbonyl (C=O) groups excluding carboxylic acids is 1. The zero-order valence-electron chi connectivity index (χ0n) is 24.3. The normalized spacial score (nSPS) is 14.4. The minimum Gasteiger partial charge on any atom is -0.490 e. The Kier molecular flexibility index (Phi) is 9.47. The minimum atomic E-state index is -0.759. The number of esters is 1. The van der Waals surface area contributed by atoms with E-state index in [1.807, 2.05) is 57.2 Å². The fourth-order valence-electron chi connectivity index (χ4n) is 4.71. The summed E-state index contributed by atoms with van der Waals surface area (Å²) in [7, 11) is 1.31. The first-order valence-corrected chi connectivity index (χ1v) is 15.4. The molecule has 0 spiro atoms. The summed E-state index contributed by atoms with van der Waals surface area (Å²) >= 11 is 4.85. The van der Waals surface area contributed by atoms with Crippen molar-refractivity contribution < 1.29 is 23.7 Å². The summed E-state index contributed by atoms with van der Waals surface area (Å²) in [6, 6.07) is 18.5. The molecule has 43 heavy (non-hydrogen) atoms. The monoisotopic (exact) mass is 662 g/mol. The lowest BCUT2D eigenvalue weighted by atomic mass is 9.97. The fraction of sp³-hybridized carbons (Fsp3) is 0.242. The smallest absolute Gasteiger partial charge is 0.337 e. The number of ether oxygens (including phenoxy) is 4. The highest BCUT2D eigenvalue weighted by Crippen LogP contribution is 2.35. The van der Waals surface area contributed by atoms with Gasteiger partial charge in [-0.05, 0) is 83.7 Å². The first kappa shape index (κ1) is 30.3. The van der Waals surface area contributed by atoms with Gasteiger partial charge in [0.05, 0.1) is 40.9 Å². The van der Waals surface area contributed by atoms with Crippen molar-refractivity contribution in [1.29, 1.82) is 0 Å². The molecule has 0 saturated carbocycles. The van der Waals surface area contributed by atoms with E-state index in [4.69, 9.17) is 18.9 Å². The number of methoxy groups -OCH3 is 1. The second kappa shape index (κ2) is 13.4. The lowest BCUT2D eigenvalue weighted by Crippen LogP contribution is -2.39. The van der Waals surface area contributed by atoms with Crippen molar-refractivity contribution in [2.45, 2.75) is 33.4 Å². The van der Waals surface area contributed by atoms with Gasteiger partial charge in [0.1, 0.15) is 12.4 Å². The van der Waals surface area contributed by atoms with E-state index in [0.717, 1.165) is 15.6 Å². The van der Waals surface area contributed by atoms with Crippen LogP contribution in [0.1, 0.15) is 42.1 Å². The van der Waals surface area contributed by atoms with Gasteiger partial charge < -0.3 is 18.9 Å². The van der Waals surface area contributed by atoms with Crippen LogP contribution in [0.3, 0.4) is 0 Å². The number of aryl methyl sites for hydroxylation is 1. The molecule has 5 rings (SSSR count). The van der Waals surface area contributed by atoms with Crippen LogP contribution < -0.4 is 29.1 Å². The van der Waals surface area contributed by atoms with Gasteiger partial charge in [0.2, 0.25) is 0 Å². The summed E-state index contributed by atoms with van der Waals surface area (Å²) in [4.78, 5) is 31.6. The summed E-state index contributed by atoms with van der Waals surface area (Å²) in [6.07, 6.45) is 3.28. The van der Waals surface area contributed by atoms with E-state index in [-0.39, 0.29) is 11.1 Å². The van der Waals surface area contributed by atoms with Crippen LogP contribution in [0.2, 0.25) is 0 Å². The number of rotatable bonds is 10. The van der Waals surface area contributed by atoms with Crippen molar-refractivity contribution in [2.75, 3.05) is 20.3 Å². The number of carbonyl (C=O) groups is 1. The molecule has 10 heteroatoms. The summed E-state index contributed by atoms with van der Waals surface area (Å²) < 4.78 is 25.4. The second-order valence-electron chi connectivity index (χ2n) is 9.71. The minimum absolute atomic E-state index is 0.242. The number of nitrogens with zero attached hydrogens (tertiary/aromatic N) is 2. The number of aromatic nitrogens is 1. The highest BCUT2D eigenvalue weighted by Gasteiger charge is 2.31. The van der Waals surface area contributed by atoms with Crippen molar-refractivity contribution in [3.63, 3.8) is 0 Å². The predicted octanol–water partition coefficient (Wildman–Crippen LogP) is 5.47. The molecular formula is C33H31BrN2O6S. The van der Waals surface area contributed by atoms with E-state index in [9.17, 15) is 9.59 Å². The molecule has 4 aromatic rings. The van der Waals surface area contributed by atoms with Crippen LogP contribution in [-0.4, -0.2) is 30.9 Å². The molecule has 0 fully saturated rings. The van der Waals surface area contributed by atoms with Crippen LogP contribution in [0.15, 0.2) is 86.7 Å². The third-order valence-corrected chi connectivity index (χ3v) is 8.39. The van der Waals surface area contributed by atoms with Gasteiger partial charge >= 0.3 is 5.97 Å². The van der Waals surface area contributed by atoms with Crippen LogP contribution in [0, 0.1) is 6.92 Å². The lowest BCUT2D eigenvalue weighted by Gasteiger charge is -2.23. The van der Waals surface area contributed by atoms with E-state index in [1.54, 1.807) is 18.2 Å². The molecular weight excluding hydrogens is 632 g/mol. The van der Waals surface area contributed by atoms with Gasteiger partial charge in [-0.2, -0.15) is 0 Å². The van der Waals surface area contributed by atoms with Crippen LogP contribution in [0.4, 0.5) is 0 Å². The molecule has 2 heterocycles. The standard InChI is InChI=1S/C33H31BrN2O6S/c1-5-40-27-14-12-23(17-28(27)41-6-2)30-24(32(38)39-4)18-35-33-36(30)31(37)29(43-33)16-22-11-13-26(25(34)15-22)42-19-21-9-7-20(3)8-10-21/h7-18,30H,5-6,19H2,1-4H3/b29-16-/t30-/m1/s1. The molecule has 8 nitrogen and oxygen atoms in total. The van der Waals surface area contributed by atoms with Crippen molar-refractivity contribution in [1.82, 2.24) is 4.57 Å². The van der Waals surface area contributed by atoms with Crippen LogP contribution in [-0.2, 0) is 16.1 Å². The number of hydrogen-bond acceptors (Lipinski definition) is 8. The van der Waals surface area contributed by atoms with E-state index < -0.39 is 12.0 Å². The van der Waals surface area contributed by atoms with Crippen molar-refractivity contribution in [3.8, 4) is 17.2 Å². The Morgan fingerprint density at radius 2 is 1.70 bits per heavy atom. The molecule has 0 unspecified atom stereocenters. The predicted molar refractivity (Wildman–Crippen MR) is 170 cm³/mol. The maximum atomic E-state index is 13.9. The Morgan fingerprint density at radius 1 is 0.977 bits per heavy atom. The summed E-state index contributed by atoms with van der Waals surface area (Å²) in [5, 5.41) is 0. The van der Waals surface area contributed by atoms with Gasteiger partial charge in [-0.1, -0.05) is 53.3 Å². The Balaban J connectivity index is 1.51. The van der Waals surface area contributed by atoms with Gasteiger partial charge in [-0.3, -0.25) is 9.36 Å². The molecule has 1 aromatic heterocycles. The van der Waals surface area contributed by atoms with Crippen molar-refractivity contribution in [3.05, 3.63) is 119 Å². The second-order valence-corrected chi connectivity index (χ2v) is 11.6. The first-order valence-electron chi connectivity index (χ1n) is 13.8. The topological polar surface area (TPSA) is 88.4 Å². The number of fused-ring (bicyclic) bond motifs is 1. The Labute approximate surface area is 261 Å². The quantitative estimate of drug-likeness (QED) is 0.210. The highest BCUT2D eigenvalue weighted by molar-refractivity contribution is 9.10. The van der Waals surface area contributed by atoms with E-state index in [0.29, 0.717) is 52.0 Å². The largest absolute Gasteiger partial charge is 0.490 e. The molecule has 0 N–H and O–H groups in total.